The smallest absolute Gasteiger partial charge is 0.248 e. The topological polar surface area (TPSA) is 66.8 Å². The van der Waals surface area contributed by atoms with Crippen LogP contribution >= 0.6 is 11.8 Å². The lowest BCUT2D eigenvalue weighted by Gasteiger charge is -2.24. The van der Waals surface area contributed by atoms with E-state index in [-0.39, 0.29) is 34.6 Å². The SMILES string of the molecule is Cc1ccc(CN2C(=NC(=O)CC(C)C)S[C@@H]3CS(=O)(=O)C[C@H]32)cc1. The molecule has 0 saturated carbocycles. The number of aryl methyl sites for hydroxylation is 1. The summed E-state index contributed by atoms with van der Waals surface area (Å²) in [4.78, 5) is 18.5. The van der Waals surface area contributed by atoms with Crippen LogP contribution in [0.1, 0.15) is 31.4 Å². The zero-order valence-electron chi connectivity index (χ0n) is 14.8. The molecule has 2 aliphatic heterocycles. The van der Waals surface area contributed by atoms with Gasteiger partial charge in [0.25, 0.3) is 0 Å². The van der Waals surface area contributed by atoms with Crippen molar-refractivity contribution in [2.24, 2.45) is 10.9 Å². The highest BCUT2D eigenvalue weighted by atomic mass is 32.2. The van der Waals surface area contributed by atoms with Gasteiger partial charge in [0.05, 0.1) is 17.5 Å². The third kappa shape index (κ3) is 4.44. The molecule has 2 atom stereocenters. The molecule has 1 amide bonds. The fourth-order valence-corrected chi connectivity index (χ4v) is 7.18. The molecular weight excluding hydrogens is 356 g/mol. The Hall–Kier alpha value is -1.34. The first kappa shape index (κ1) is 18.5. The molecule has 0 N–H and O–H groups in total. The second kappa shape index (κ2) is 7.11. The van der Waals surface area contributed by atoms with Crippen LogP contribution in [0.25, 0.3) is 0 Å². The van der Waals surface area contributed by atoms with Crippen LogP contribution in [0, 0.1) is 12.8 Å². The summed E-state index contributed by atoms with van der Waals surface area (Å²) in [5.41, 5.74) is 2.28. The first-order valence-corrected chi connectivity index (χ1v) is 11.2. The van der Waals surface area contributed by atoms with Gasteiger partial charge in [0.2, 0.25) is 5.91 Å². The van der Waals surface area contributed by atoms with Crippen molar-refractivity contribution in [2.75, 3.05) is 11.5 Å². The van der Waals surface area contributed by atoms with Crippen LogP contribution in [-0.4, -0.2) is 47.2 Å². The maximum absolute atomic E-state index is 12.2. The lowest BCUT2D eigenvalue weighted by Crippen LogP contribution is -2.37. The number of fused-ring (bicyclic) bond motifs is 1. The minimum Gasteiger partial charge on any atom is -0.342 e. The van der Waals surface area contributed by atoms with Gasteiger partial charge in [-0.25, -0.2) is 8.42 Å². The third-order valence-corrected chi connectivity index (χ3v) is 7.70. The van der Waals surface area contributed by atoms with Crippen molar-refractivity contribution >= 4 is 32.7 Å². The normalized spacial score (nSPS) is 26.4. The Morgan fingerprint density at radius 3 is 2.60 bits per heavy atom. The highest BCUT2D eigenvalue weighted by molar-refractivity contribution is 8.15. The van der Waals surface area contributed by atoms with Crippen molar-refractivity contribution in [1.82, 2.24) is 4.90 Å². The van der Waals surface area contributed by atoms with E-state index in [0.29, 0.717) is 18.1 Å². The van der Waals surface area contributed by atoms with Crippen LogP contribution in [0.5, 0.6) is 0 Å². The molecule has 0 aliphatic carbocycles. The number of nitrogens with zero attached hydrogens (tertiary/aromatic N) is 2. The number of amides is 1. The number of carbonyl (C=O) groups excluding carboxylic acids is 1. The van der Waals surface area contributed by atoms with Crippen molar-refractivity contribution < 1.29 is 13.2 Å². The summed E-state index contributed by atoms with van der Waals surface area (Å²) in [5.74, 6) is 0.445. The number of aliphatic imine (C=N–C) groups is 1. The highest BCUT2D eigenvalue weighted by Crippen LogP contribution is 2.39. The Balaban J connectivity index is 1.85. The predicted octanol–water partition coefficient (Wildman–Crippen LogP) is 2.64. The van der Waals surface area contributed by atoms with E-state index in [0.717, 1.165) is 5.56 Å². The highest BCUT2D eigenvalue weighted by Gasteiger charge is 2.48. The lowest BCUT2D eigenvalue weighted by molar-refractivity contribution is -0.118. The van der Waals surface area contributed by atoms with Gasteiger partial charge in [-0.3, -0.25) is 4.79 Å². The fraction of sp³-hybridized carbons (Fsp3) is 0.556. The number of thioether (sulfide) groups is 1. The van der Waals surface area contributed by atoms with E-state index in [9.17, 15) is 13.2 Å². The second-order valence-corrected chi connectivity index (χ2v) is 10.7. The van der Waals surface area contributed by atoms with Crippen LogP contribution in [-0.2, 0) is 21.2 Å². The minimum absolute atomic E-state index is 0.0268. The molecule has 3 rings (SSSR count). The van der Waals surface area contributed by atoms with E-state index in [1.165, 1.54) is 17.3 Å². The first-order valence-electron chi connectivity index (χ1n) is 8.54. The second-order valence-electron chi connectivity index (χ2n) is 7.30. The zero-order valence-corrected chi connectivity index (χ0v) is 16.4. The molecule has 0 spiro atoms. The maximum Gasteiger partial charge on any atom is 0.248 e. The van der Waals surface area contributed by atoms with E-state index < -0.39 is 9.84 Å². The standard InChI is InChI=1S/C18H24N2O3S2/c1-12(2)8-17(21)19-18-20(9-14-6-4-13(3)5-7-14)15-10-25(22,23)11-16(15)24-18/h4-7,12,15-16H,8-11H2,1-3H3/t15-,16-/m1/s1. The average Bonchev–Trinajstić information content (AvgIpc) is 2.93. The third-order valence-electron chi connectivity index (χ3n) is 4.45. The van der Waals surface area contributed by atoms with Crippen molar-refractivity contribution in [3.8, 4) is 0 Å². The van der Waals surface area contributed by atoms with Gasteiger partial charge in [-0.15, -0.1) is 0 Å². The summed E-state index contributed by atoms with van der Waals surface area (Å²) in [7, 11) is -3.01. The fourth-order valence-electron chi connectivity index (χ4n) is 3.21. The zero-order chi connectivity index (χ0) is 18.2. The maximum atomic E-state index is 12.2. The van der Waals surface area contributed by atoms with Crippen molar-refractivity contribution in [2.45, 2.75) is 45.0 Å². The number of carbonyl (C=O) groups is 1. The summed E-state index contributed by atoms with van der Waals surface area (Å²) in [6.07, 6.45) is 0.413. The minimum atomic E-state index is -3.01. The molecule has 0 aromatic heterocycles. The van der Waals surface area contributed by atoms with Crippen LogP contribution in [0.4, 0.5) is 0 Å². The molecule has 0 bridgehead atoms. The largest absolute Gasteiger partial charge is 0.342 e. The van der Waals surface area contributed by atoms with Crippen LogP contribution < -0.4 is 0 Å². The Labute approximate surface area is 153 Å². The summed E-state index contributed by atoms with van der Waals surface area (Å²) >= 11 is 1.45. The average molecular weight is 381 g/mol. The molecule has 25 heavy (non-hydrogen) atoms. The van der Waals surface area contributed by atoms with Crippen molar-refractivity contribution in [1.29, 1.82) is 0 Å². The van der Waals surface area contributed by atoms with Crippen LogP contribution in [0.15, 0.2) is 29.3 Å². The van der Waals surface area contributed by atoms with Crippen molar-refractivity contribution in [3.05, 3.63) is 35.4 Å². The predicted molar refractivity (Wildman–Crippen MR) is 102 cm³/mol. The van der Waals surface area contributed by atoms with Gasteiger partial charge < -0.3 is 4.90 Å². The summed E-state index contributed by atoms with van der Waals surface area (Å²) in [5, 5.41) is 0.650. The van der Waals surface area contributed by atoms with Gasteiger partial charge in [-0.05, 0) is 18.4 Å². The van der Waals surface area contributed by atoms with Gasteiger partial charge in [-0.1, -0.05) is 55.4 Å². The van der Waals surface area contributed by atoms with E-state index in [2.05, 4.69) is 4.99 Å². The lowest BCUT2D eigenvalue weighted by atomic mass is 10.1. The molecule has 0 unspecified atom stereocenters. The molecule has 2 fully saturated rings. The number of hydrogen-bond donors (Lipinski definition) is 0. The van der Waals surface area contributed by atoms with Crippen molar-refractivity contribution in [3.63, 3.8) is 0 Å². The summed E-state index contributed by atoms with van der Waals surface area (Å²) in [6.45, 7) is 6.60. The molecule has 2 saturated heterocycles. The molecule has 2 aliphatic rings. The monoisotopic (exact) mass is 380 g/mol. The molecule has 1 aromatic carbocycles. The number of hydrogen-bond acceptors (Lipinski definition) is 4. The van der Waals surface area contributed by atoms with E-state index in [1.54, 1.807) is 0 Å². The van der Waals surface area contributed by atoms with Crippen LogP contribution in [0.2, 0.25) is 0 Å². The van der Waals surface area contributed by atoms with Crippen LogP contribution in [0.3, 0.4) is 0 Å². The summed E-state index contributed by atoms with van der Waals surface area (Å²) < 4.78 is 24.0. The van der Waals surface area contributed by atoms with E-state index >= 15 is 0 Å². The molecule has 136 valence electrons. The molecule has 0 radical (unpaired) electrons. The molecule has 7 heteroatoms. The van der Waals surface area contributed by atoms with Gasteiger partial charge in [-0.2, -0.15) is 4.99 Å². The summed E-state index contributed by atoms with van der Waals surface area (Å²) in [6, 6.07) is 8.08. The van der Waals surface area contributed by atoms with Gasteiger partial charge in [0.15, 0.2) is 15.0 Å². The number of rotatable bonds is 4. The molecular formula is C18H24N2O3S2. The van der Waals surface area contributed by atoms with Gasteiger partial charge in [0, 0.05) is 18.2 Å². The Kier molecular flexibility index (Phi) is 5.25. The Morgan fingerprint density at radius 1 is 1.28 bits per heavy atom. The molecule has 5 nitrogen and oxygen atoms in total. The number of benzene rings is 1. The van der Waals surface area contributed by atoms with Gasteiger partial charge >= 0.3 is 0 Å². The van der Waals surface area contributed by atoms with Gasteiger partial charge in [0.1, 0.15) is 0 Å². The van der Waals surface area contributed by atoms with E-state index in [4.69, 9.17) is 0 Å². The Bertz CT molecular complexity index is 785. The molecule has 1 aromatic rings. The van der Waals surface area contributed by atoms with E-state index in [1.807, 2.05) is 49.9 Å². The number of amidine groups is 1. The quantitative estimate of drug-likeness (QED) is 0.803. The first-order chi connectivity index (χ1) is 11.7. The number of sulfone groups is 1. The Morgan fingerprint density at radius 2 is 1.96 bits per heavy atom. The molecule has 2 heterocycles.